The molecule has 0 saturated heterocycles. The average molecular weight is 277 g/mol. The van der Waals surface area contributed by atoms with Gasteiger partial charge in [0.2, 0.25) is 0 Å². The second-order valence-electron chi connectivity index (χ2n) is 3.65. The van der Waals surface area contributed by atoms with Crippen molar-refractivity contribution in [2.75, 3.05) is 7.11 Å². The van der Waals surface area contributed by atoms with Gasteiger partial charge in [-0.1, -0.05) is 40.2 Å². The molecular weight excluding hydrogens is 264 g/mol. The highest BCUT2D eigenvalue weighted by molar-refractivity contribution is 9.10. The van der Waals surface area contributed by atoms with E-state index in [0.717, 1.165) is 16.6 Å². The van der Waals surface area contributed by atoms with Crippen LogP contribution in [0.4, 0.5) is 0 Å². The van der Waals surface area contributed by atoms with Crippen LogP contribution in [0.1, 0.15) is 11.1 Å². The number of hydrogen-bond acceptors (Lipinski definition) is 1. The summed E-state index contributed by atoms with van der Waals surface area (Å²) >= 11 is 3.43. The molecule has 82 valence electrons. The molecule has 0 aromatic heterocycles. The van der Waals surface area contributed by atoms with Crippen molar-refractivity contribution in [2.45, 2.75) is 6.42 Å². The van der Waals surface area contributed by atoms with Crippen molar-refractivity contribution in [3.8, 4) is 5.75 Å². The van der Waals surface area contributed by atoms with Crippen molar-refractivity contribution in [2.24, 2.45) is 0 Å². The van der Waals surface area contributed by atoms with E-state index in [1.807, 2.05) is 12.1 Å². The molecule has 1 nitrogen and oxygen atoms in total. The van der Waals surface area contributed by atoms with E-state index in [4.69, 9.17) is 4.74 Å². The van der Waals surface area contributed by atoms with Gasteiger partial charge in [-0.05, 0) is 41.8 Å². The van der Waals surface area contributed by atoms with Crippen LogP contribution in [-0.2, 0) is 6.42 Å². The molecule has 0 saturated carbocycles. The van der Waals surface area contributed by atoms with E-state index in [0.29, 0.717) is 0 Å². The summed E-state index contributed by atoms with van der Waals surface area (Å²) in [4.78, 5) is 0. The van der Waals surface area contributed by atoms with Crippen molar-refractivity contribution >= 4 is 15.9 Å². The minimum atomic E-state index is 0.912. The Morgan fingerprint density at radius 2 is 1.75 bits per heavy atom. The minimum Gasteiger partial charge on any atom is -0.497 e. The fourth-order valence-electron chi connectivity index (χ4n) is 1.62. The summed E-state index contributed by atoms with van der Waals surface area (Å²) in [6.45, 7) is 0. The molecule has 0 fully saturated rings. The first-order valence-electron chi connectivity index (χ1n) is 5.15. The smallest absolute Gasteiger partial charge is 0.119 e. The summed E-state index contributed by atoms with van der Waals surface area (Å²) in [6.07, 6.45) is 0.935. The van der Waals surface area contributed by atoms with Crippen LogP contribution in [0.15, 0.2) is 53.0 Å². The Kier molecular flexibility index (Phi) is 3.62. The predicted octanol–water partition coefficient (Wildman–Crippen LogP) is 4.05. The van der Waals surface area contributed by atoms with E-state index >= 15 is 0 Å². The maximum Gasteiger partial charge on any atom is 0.119 e. The molecule has 16 heavy (non-hydrogen) atoms. The van der Waals surface area contributed by atoms with Gasteiger partial charge in [0.1, 0.15) is 5.75 Å². The van der Waals surface area contributed by atoms with Crippen molar-refractivity contribution < 1.29 is 4.74 Å². The van der Waals surface area contributed by atoms with E-state index in [2.05, 4.69) is 52.3 Å². The van der Waals surface area contributed by atoms with Crippen LogP contribution in [0.2, 0.25) is 0 Å². The van der Waals surface area contributed by atoms with Gasteiger partial charge in [-0.25, -0.2) is 0 Å². The molecule has 0 bridgehead atoms. The number of benzene rings is 2. The van der Waals surface area contributed by atoms with Gasteiger partial charge in [-0.2, -0.15) is 0 Å². The molecule has 0 aliphatic carbocycles. The van der Waals surface area contributed by atoms with Gasteiger partial charge in [0.15, 0.2) is 0 Å². The van der Waals surface area contributed by atoms with Crippen LogP contribution in [0.25, 0.3) is 0 Å². The summed E-state index contributed by atoms with van der Waals surface area (Å²) in [5, 5.41) is 0. The Morgan fingerprint density at radius 1 is 1.00 bits per heavy atom. The van der Waals surface area contributed by atoms with Crippen molar-refractivity contribution in [3.05, 3.63) is 64.1 Å². The van der Waals surface area contributed by atoms with Crippen molar-refractivity contribution in [3.63, 3.8) is 0 Å². The number of hydrogen-bond donors (Lipinski definition) is 0. The topological polar surface area (TPSA) is 9.23 Å². The van der Waals surface area contributed by atoms with Crippen LogP contribution in [0.5, 0.6) is 5.75 Å². The van der Waals surface area contributed by atoms with E-state index in [1.165, 1.54) is 11.1 Å². The lowest BCUT2D eigenvalue weighted by Gasteiger charge is -2.04. The Balaban J connectivity index is 2.16. The molecule has 2 heteroatoms. The molecule has 0 N–H and O–H groups in total. The average Bonchev–Trinajstić information content (AvgIpc) is 2.32. The van der Waals surface area contributed by atoms with Gasteiger partial charge < -0.3 is 4.74 Å². The Morgan fingerprint density at radius 3 is 2.44 bits per heavy atom. The third-order valence-corrected chi connectivity index (χ3v) is 2.98. The second-order valence-corrected chi connectivity index (χ2v) is 4.57. The molecule has 0 amide bonds. The number of methoxy groups -OCH3 is 1. The summed E-state index contributed by atoms with van der Waals surface area (Å²) in [7, 11) is 1.69. The van der Waals surface area contributed by atoms with Crippen LogP contribution in [0.3, 0.4) is 0 Å². The quantitative estimate of drug-likeness (QED) is 0.822. The number of ether oxygens (including phenoxy) is 1. The lowest BCUT2D eigenvalue weighted by atomic mass is 10.1. The summed E-state index contributed by atoms with van der Waals surface area (Å²) in [5.74, 6) is 0.912. The number of rotatable bonds is 3. The maximum absolute atomic E-state index is 5.20. The first kappa shape index (κ1) is 11.2. The van der Waals surface area contributed by atoms with Crippen molar-refractivity contribution in [1.82, 2.24) is 0 Å². The largest absolute Gasteiger partial charge is 0.497 e. The molecule has 2 aromatic carbocycles. The number of halogens is 1. The van der Waals surface area contributed by atoms with Crippen LogP contribution >= 0.6 is 15.9 Å². The standard InChI is InChI=1S/C14H13BrO/c1-16-14-4-2-3-12(10-14)9-11-5-7-13(15)8-6-11/h2-8,10H,9H2,1H3. The van der Waals surface area contributed by atoms with E-state index in [1.54, 1.807) is 7.11 Å². The lowest BCUT2D eigenvalue weighted by Crippen LogP contribution is -1.89. The van der Waals surface area contributed by atoms with Gasteiger partial charge in [-0.15, -0.1) is 0 Å². The highest BCUT2D eigenvalue weighted by Crippen LogP contribution is 2.17. The highest BCUT2D eigenvalue weighted by Gasteiger charge is 1.98. The molecule has 0 atom stereocenters. The molecule has 2 aromatic rings. The fourth-order valence-corrected chi connectivity index (χ4v) is 1.88. The second kappa shape index (κ2) is 5.17. The van der Waals surface area contributed by atoms with Crippen LogP contribution < -0.4 is 4.74 Å². The molecule has 0 radical (unpaired) electrons. The Hall–Kier alpha value is -1.28. The first-order chi connectivity index (χ1) is 7.78. The van der Waals surface area contributed by atoms with Gasteiger partial charge >= 0.3 is 0 Å². The molecule has 0 aliphatic heterocycles. The molecule has 0 unspecified atom stereocenters. The first-order valence-corrected chi connectivity index (χ1v) is 5.94. The van der Waals surface area contributed by atoms with Gasteiger partial charge in [0.25, 0.3) is 0 Å². The third-order valence-electron chi connectivity index (χ3n) is 2.46. The van der Waals surface area contributed by atoms with Crippen LogP contribution in [-0.4, -0.2) is 7.11 Å². The molecule has 0 aliphatic rings. The molecule has 0 heterocycles. The highest BCUT2D eigenvalue weighted by atomic mass is 79.9. The zero-order chi connectivity index (χ0) is 11.4. The Labute approximate surface area is 104 Å². The lowest BCUT2D eigenvalue weighted by molar-refractivity contribution is 0.414. The predicted molar refractivity (Wildman–Crippen MR) is 69.9 cm³/mol. The third kappa shape index (κ3) is 2.86. The molecule has 0 spiro atoms. The normalized spacial score (nSPS) is 10.1. The van der Waals surface area contributed by atoms with Crippen LogP contribution in [0, 0.1) is 0 Å². The van der Waals surface area contributed by atoms with Gasteiger partial charge in [-0.3, -0.25) is 0 Å². The van der Waals surface area contributed by atoms with E-state index in [9.17, 15) is 0 Å². The SMILES string of the molecule is COc1cccc(Cc2ccc(Br)cc2)c1. The maximum atomic E-state index is 5.20. The van der Waals surface area contributed by atoms with Crippen molar-refractivity contribution in [1.29, 1.82) is 0 Å². The molecule has 2 rings (SSSR count). The zero-order valence-corrected chi connectivity index (χ0v) is 10.7. The monoisotopic (exact) mass is 276 g/mol. The zero-order valence-electron chi connectivity index (χ0n) is 9.11. The summed E-state index contributed by atoms with van der Waals surface area (Å²) < 4.78 is 6.32. The summed E-state index contributed by atoms with van der Waals surface area (Å²) in [5.41, 5.74) is 2.57. The van der Waals surface area contributed by atoms with Gasteiger partial charge in [0, 0.05) is 4.47 Å². The van der Waals surface area contributed by atoms with Gasteiger partial charge in [0.05, 0.1) is 7.11 Å². The minimum absolute atomic E-state index is 0.912. The Bertz CT molecular complexity index is 462. The summed E-state index contributed by atoms with van der Waals surface area (Å²) in [6, 6.07) is 16.6. The fraction of sp³-hybridized carbons (Fsp3) is 0.143. The molecular formula is C14H13BrO. The van der Waals surface area contributed by atoms with E-state index in [-0.39, 0.29) is 0 Å². The van der Waals surface area contributed by atoms with E-state index < -0.39 is 0 Å².